The molecule has 0 N–H and O–H groups in total. The van der Waals surface area contributed by atoms with E-state index in [9.17, 15) is 4.79 Å². The summed E-state index contributed by atoms with van der Waals surface area (Å²) in [4.78, 5) is 19.3. The molecule has 1 aliphatic rings. The maximum absolute atomic E-state index is 13.2. The van der Waals surface area contributed by atoms with Crippen molar-refractivity contribution in [3.8, 4) is 16.9 Å². The van der Waals surface area contributed by atoms with Crippen LogP contribution in [-0.4, -0.2) is 42.2 Å². The quantitative estimate of drug-likeness (QED) is 0.400. The van der Waals surface area contributed by atoms with Gasteiger partial charge in [-0.25, -0.2) is 0 Å². The number of benzene rings is 3. The zero-order valence-electron chi connectivity index (χ0n) is 20.3. The standard InChI is InChI=1S/C31H30N2O3/c34-31(20-24-6-2-1-3-7-24)33-14-15-35-16-17-36-30-12-11-27(28-10-5-13-32-22-28)21-29(30)19-25-8-4-9-26(18-25)23-33/h1-13,18,21-22H,14-17,19-20,23H2. The molecule has 0 saturated heterocycles. The van der Waals surface area contributed by atoms with Crippen molar-refractivity contribution in [3.05, 3.63) is 120 Å². The van der Waals surface area contributed by atoms with Gasteiger partial charge in [-0.3, -0.25) is 9.78 Å². The maximum Gasteiger partial charge on any atom is 0.227 e. The molecule has 0 unspecified atom stereocenters. The lowest BCUT2D eigenvalue weighted by atomic mass is 9.98. The fourth-order valence-corrected chi connectivity index (χ4v) is 4.51. The molecule has 36 heavy (non-hydrogen) atoms. The molecule has 0 radical (unpaired) electrons. The highest BCUT2D eigenvalue weighted by atomic mass is 16.5. The molecule has 0 spiro atoms. The number of carbonyl (C=O) groups excluding carboxylic acids is 1. The molecule has 2 heterocycles. The van der Waals surface area contributed by atoms with E-state index in [4.69, 9.17) is 9.47 Å². The molecule has 2 bridgehead atoms. The zero-order chi connectivity index (χ0) is 24.6. The van der Waals surface area contributed by atoms with Gasteiger partial charge in [-0.15, -0.1) is 0 Å². The predicted octanol–water partition coefficient (Wildman–Crippen LogP) is 5.32. The number of fused-ring (bicyclic) bond motifs is 3. The molecule has 3 aromatic carbocycles. The van der Waals surface area contributed by atoms with Crippen LogP contribution in [0.25, 0.3) is 11.1 Å². The lowest BCUT2D eigenvalue weighted by molar-refractivity contribution is -0.131. The van der Waals surface area contributed by atoms with E-state index in [1.54, 1.807) is 6.20 Å². The highest BCUT2D eigenvalue weighted by Gasteiger charge is 2.16. The molecule has 1 aromatic heterocycles. The van der Waals surface area contributed by atoms with Crippen molar-refractivity contribution >= 4 is 5.91 Å². The van der Waals surface area contributed by atoms with Gasteiger partial charge in [-0.05, 0) is 46.0 Å². The number of hydrogen-bond acceptors (Lipinski definition) is 4. The van der Waals surface area contributed by atoms with Crippen molar-refractivity contribution in [1.29, 1.82) is 0 Å². The van der Waals surface area contributed by atoms with Gasteiger partial charge in [-0.2, -0.15) is 0 Å². The number of hydrogen-bond donors (Lipinski definition) is 0. The summed E-state index contributed by atoms with van der Waals surface area (Å²) in [6.45, 7) is 2.49. The smallest absolute Gasteiger partial charge is 0.227 e. The Balaban J connectivity index is 1.41. The van der Waals surface area contributed by atoms with E-state index in [1.807, 2.05) is 53.6 Å². The molecular formula is C31H30N2O3. The van der Waals surface area contributed by atoms with Crippen LogP contribution in [0.4, 0.5) is 0 Å². The summed E-state index contributed by atoms with van der Waals surface area (Å²) in [5.74, 6) is 0.971. The molecule has 5 nitrogen and oxygen atoms in total. The van der Waals surface area contributed by atoms with E-state index < -0.39 is 0 Å². The predicted molar refractivity (Wildman–Crippen MR) is 141 cm³/mol. The molecule has 5 rings (SSSR count). The molecule has 0 aliphatic carbocycles. The summed E-state index contributed by atoms with van der Waals surface area (Å²) in [6, 6.07) is 28.7. The van der Waals surface area contributed by atoms with E-state index in [0.29, 0.717) is 39.3 Å². The Morgan fingerprint density at radius 1 is 0.833 bits per heavy atom. The number of pyridine rings is 1. The first-order chi connectivity index (χ1) is 17.7. The first-order valence-corrected chi connectivity index (χ1v) is 12.4. The number of carbonyl (C=O) groups is 1. The second kappa shape index (κ2) is 11.6. The molecule has 5 heteroatoms. The summed E-state index contributed by atoms with van der Waals surface area (Å²) in [7, 11) is 0. The fourth-order valence-electron chi connectivity index (χ4n) is 4.51. The Morgan fingerprint density at radius 2 is 1.72 bits per heavy atom. The second-order valence-electron chi connectivity index (χ2n) is 9.00. The maximum atomic E-state index is 13.2. The van der Waals surface area contributed by atoms with Gasteiger partial charge < -0.3 is 14.4 Å². The van der Waals surface area contributed by atoms with E-state index in [-0.39, 0.29) is 5.91 Å². The molecule has 182 valence electrons. The largest absolute Gasteiger partial charge is 0.491 e. The molecule has 0 fully saturated rings. The third kappa shape index (κ3) is 6.18. The minimum atomic E-state index is 0.102. The van der Waals surface area contributed by atoms with E-state index in [2.05, 4.69) is 47.4 Å². The van der Waals surface area contributed by atoms with Crippen molar-refractivity contribution in [3.63, 3.8) is 0 Å². The Kier molecular flexibility index (Phi) is 7.69. The van der Waals surface area contributed by atoms with Crippen molar-refractivity contribution in [2.75, 3.05) is 26.4 Å². The van der Waals surface area contributed by atoms with Crippen molar-refractivity contribution < 1.29 is 14.3 Å². The first-order valence-electron chi connectivity index (χ1n) is 12.4. The van der Waals surface area contributed by atoms with Crippen LogP contribution in [-0.2, 0) is 28.9 Å². The van der Waals surface area contributed by atoms with Crippen LogP contribution in [0.15, 0.2) is 97.3 Å². The molecular weight excluding hydrogens is 448 g/mol. The van der Waals surface area contributed by atoms with E-state index in [0.717, 1.165) is 40.0 Å². The third-order valence-electron chi connectivity index (χ3n) is 6.36. The highest BCUT2D eigenvalue weighted by Crippen LogP contribution is 2.29. The van der Waals surface area contributed by atoms with Crippen molar-refractivity contribution in [1.82, 2.24) is 9.88 Å². The second-order valence-corrected chi connectivity index (χ2v) is 9.00. The van der Waals surface area contributed by atoms with Crippen LogP contribution in [0.2, 0.25) is 0 Å². The fraction of sp³-hybridized carbons (Fsp3) is 0.226. The van der Waals surface area contributed by atoms with Gasteiger partial charge >= 0.3 is 0 Å². The average Bonchev–Trinajstić information content (AvgIpc) is 2.91. The summed E-state index contributed by atoms with van der Waals surface area (Å²) < 4.78 is 12.0. The monoisotopic (exact) mass is 478 g/mol. The zero-order valence-corrected chi connectivity index (χ0v) is 20.3. The van der Waals surface area contributed by atoms with E-state index >= 15 is 0 Å². The van der Waals surface area contributed by atoms with Gasteiger partial charge in [0, 0.05) is 37.5 Å². The lowest BCUT2D eigenvalue weighted by Crippen LogP contribution is -2.35. The molecule has 0 atom stereocenters. The average molecular weight is 479 g/mol. The molecule has 0 saturated carbocycles. The molecule has 4 aromatic rings. The normalized spacial score (nSPS) is 14.3. The van der Waals surface area contributed by atoms with Crippen LogP contribution in [0, 0.1) is 0 Å². The molecule has 1 amide bonds. The van der Waals surface area contributed by atoms with Crippen LogP contribution in [0.3, 0.4) is 0 Å². The Bertz CT molecular complexity index is 1290. The van der Waals surface area contributed by atoms with Gasteiger partial charge in [-0.1, -0.05) is 66.7 Å². The topological polar surface area (TPSA) is 51.7 Å². The van der Waals surface area contributed by atoms with Crippen LogP contribution in [0.5, 0.6) is 5.75 Å². The first kappa shape index (κ1) is 23.8. The summed E-state index contributed by atoms with van der Waals surface area (Å²) in [5.41, 5.74) is 6.61. The van der Waals surface area contributed by atoms with Gasteiger partial charge in [0.1, 0.15) is 12.4 Å². The van der Waals surface area contributed by atoms with Gasteiger partial charge in [0.15, 0.2) is 0 Å². The van der Waals surface area contributed by atoms with Crippen LogP contribution in [0.1, 0.15) is 22.3 Å². The molecule has 1 aliphatic heterocycles. The number of amides is 1. The summed E-state index contributed by atoms with van der Waals surface area (Å²) in [5, 5.41) is 0. The number of ether oxygens (including phenoxy) is 2. The van der Waals surface area contributed by atoms with E-state index in [1.165, 1.54) is 5.56 Å². The Labute approximate surface area is 212 Å². The van der Waals surface area contributed by atoms with Crippen molar-refractivity contribution in [2.45, 2.75) is 19.4 Å². The number of nitrogens with zero attached hydrogens (tertiary/aromatic N) is 2. The summed E-state index contributed by atoms with van der Waals surface area (Å²) >= 11 is 0. The minimum Gasteiger partial charge on any atom is -0.491 e. The Hall–Kier alpha value is -3.96. The SMILES string of the molecule is O=C(Cc1ccccc1)N1CCOCCOc2ccc(-c3cccnc3)cc2Cc2cccc(c2)C1. The highest BCUT2D eigenvalue weighted by molar-refractivity contribution is 5.78. The Morgan fingerprint density at radius 3 is 2.58 bits per heavy atom. The third-order valence-corrected chi connectivity index (χ3v) is 6.36. The van der Waals surface area contributed by atoms with Crippen molar-refractivity contribution in [2.24, 2.45) is 0 Å². The number of aromatic nitrogens is 1. The van der Waals surface area contributed by atoms with Crippen LogP contribution < -0.4 is 4.74 Å². The van der Waals surface area contributed by atoms with Crippen LogP contribution >= 0.6 is 0 Å². The lowest BCUT2D eigenvalue weighted by Gasteiger charge is -2.24. The van der Waals surface area contributed by atoms with Gasteiger partial charge in [0.25, 0.3) is 0 Å². The number of rotatable bonds is 3. The minimum absolute atomic E-state index is 0.102. The van der Waals surface area contributed by atoms with Gasteiger partial charge in [0.2, 0.25) is 5.91 Å². The summed E-state index contributed by atoms with van der Waals surface area (Å²) in [6.07, 6.45) is 4.77. The van der Waals surface area contributed by atoms with Gasteiger partial charge in [0.05, 0.1) is 19.6 Å².